The molecular weight excluding hydrogens is 1020 g/mol. The number of nitrogens with zero attached hydrogens (tertiary/aromatic N) is 10. The van der Waals surface area contributed by atoms with Crippen LogP contribution in [-0.2, 0) is 14.3 Å². The van der Waals surface area contributed by atoms with E-state index in [2.05, 4.69) is 62.5 Å². The smallest absolute Gasteiger partial charge is 0.291 e. The van der Waals surface area contributed by atoms with Gasteiger partial charge in [0.25, 0.3) is 5.88 Å². The Morgan fingerprint density at radius 1 is 0.923 bits per heavy atom. The molecule has 5 N–H and O–H groups in total. The molecule has 9 heterocycles. The number of ether oxygens (including phenoxy) is 3. The molecule has 4 aliphatic heterocycles. The number of piperazine rings is 1. The Morgan fingerprint density at radius 2 is 1.71 bits per heavy atom. The predicted octanol–water partition coefficient (Wildman–Crippen LogP) is 6.69. The summed E-state index contributed by atoms with van der Waals surface area (Å²) >= 11 is 1.51. The molecule has 6 atom stereocenters. The molecule has 0 radical (unpaired) electrons. The van der Waals surface area contributed by atoms with Crippen molar-refractivity contribution in [3.63, 3.8) is 0 Å². The van der Waals surface area contributed by atoms with Gasteiger partial charge in [-0.05, 0) is 86.5 Å². The number of anilines is 3. The van der Waals surface area contributed by atoms with Gasteiger partial charge in [-0.25, -0.2) is 9.97 Å². The summed E-state index contributed by atoms with van der Waals surface area (Å²) in [5, 5.41) is 36.6. The first-order chi connectivity index (χ1) is 37.7. The fourth-order valence-electron chi connectivity index (χ4n) is 11.8. The molecule has 5 fully saturated rings. The van der Waals surface area contributed by atoms with Crippen molar-refractivity contribution in [1.82, 2.24) is 45.4 Å². The number of carbonyl (C=O) groups excluding carboxylic acids is 2. The lowest BCUT2D eigenvalue weighted by Gasteiger charge is -2.43. The van der Waals surface area contributed by atoms with Crippen LogP contribution in [0.25, 0.3) is 21.8 Å². The number of aliphatic hydroxyl groups is 1. The Kier molecular flexibility index (Phi) is 15.5. The fraction of sp³-hybridized carbons (Fsp3) is 0.500. The van der Waals surface area contributed by atoms with E-state index in [4.69, 9.17) is 24.5 Å². The van der Waals surface area contributed by atoms with Crippen LogP contribution in [0.5, 0.6) is 17.5 Å². The lowest BCUT2D eigenvalue weighted by Crippen LogP contribution is -2.54. The van der Waals surface area contributed by atoms with Crippen molar-refractivity contribution in [2.75, 3.05) is 61.4 Å². The van der Waals surface area contributed by atoms with E-state index in [9.17, 15) is 19.8 Å². The monoisotopic (exact) mass is 1090 g/mol. The van der Waals surface area contributed by atoms with Gasteiger partial charge in [-0.3, -0.25) is 19.5 Å². The fourth-order valence-corrected chi connectivity index (χ4v) is 12.6. The number of hydrogen-bond donors (Lipinski definition) is 4. The van der Waals surface area contributed by atoms with Crippen molar-refractivity contribution < 1.29 is 42.9 Å². The average Bonchev–Trinajstić information content (AvgIpc) is 4.26. The highest BCUT2D eigenvalue weighted by Gasteiger charge is 2.46. The Balaban J connectivity index is 0.610. The molecule has 78 heavy (non-hydrogen) atoms. The van der Waals surface area contributed by atoms with Crippen molar-refractivity contribution in [2.24, 2.45) is 5.92 Å². The molecule has 2 amide bonds. The number of aromatic nitrogens is 6. The number of aliphatic hydroxyl groups excluding tert-OH is 1. The number of amides is 2. The van der Waals surface area contributed by atoms with E-state index in [1.807, 2.05) is 50.4 Å². The minimum atomic E-state index is -1.11. The Hall–Kier alpha value is -7.01. The molecule has 5 aromatic heterocycles. The number of thiazole rings is 1. The number of para-hydroxylation sites is 1. The van der Waals surface area contributed by atoms with Crippen LogP contribution in [0.15, 0.2) is 77.0 Å². The SMILES string of the molecule is Cc1ncsc1-c1ccc([C@H](C)NC(=O)[C@@H]2C[C@@H](O)CN2C(=O)[C@H](c2onc(OCCN3CCC(OC4CC(Oc5cc(N6C7CC[C@@H]6CN(c6cc(-c8ccccc8O)nnc6N)C7)ccn5)C4)CC3)c2F)C(C)C)cn1. The number of carbonyl (C=O) groups is 2. The molecule has 1 saturated carbocycles. The van der Waals surface area contributed by atoms with Gasteiger partial charge >= 0.3 is 0 Å². The van der Waals surface area contributed by atoms with Gasteiger partial charge in [0.05, 0.1) is 57.5 Å². The summed E-state index contributed by atoms with van der Waals surface area (Å²) in [6.45, 7) is 11.0. The molecule has 11 rings (SSSR count). The number of piperidine rings is 1. The highest BCUT2D eigenvalue weighted by molar-refractivity contribution is 7.13. The summed E-state index contributed by atoms with van der Waals surface area (Å²) in [6.07, 6.45) is 8.29. The molecule has 1 unspecified atom stereocenters. The number of fused-ring (bicyclic) bond motifs is 2. The maximum absolute atomic E-state index is 16.1. The summed E-state index contributed by atoms with van der Waals surface area (Å²) in [7, 11) is 0. The number of likely N-dealkylation sites (tertiary alicyclic amines) is 2. The van der Waals surface area contributed by atoms with Crippen LogP contribution >= 0.6 is 11.3 Å². The number of nitrogen functional groups attached to an aromatic ring is 1. The van der Waals surface area contributed by atoms with Crippen molar-refractivity contribution in [3.05, 3.63) is 95.3 Å². The molecule has 4 saturated heterocycles. The number of benzene rings is 1. The zero-order valence-corrected chi connectivity index (χ0v) is 45.1. The van der Waals surface area contributed by atoms with Crippen molar-refractivity contribution >= 4 is 40.3 Å². The first kappa shape index (κ1) is 53.0. The highest BCUT2D eigenvalue weighted by Crippen LogP contribution is 2.41. The van der Waals surface area contributed by atoms with Crippen LogP contribution in [0.3, 0.4) is 0 Å². The third-order valence-corrected chi connectivity index (χ3v) is 17.0. The minimum Gasteiger partial charge on any atom is -0.507 e. The van der Waals surface area contributed by atoms with E-state index >= 15 is 4.39 Å². The number of pyridine rings is 2. The van der Waals surface area contributed by atoms with Gasteiger partial charge in [0.2, 0.25) is 23.5 Å². The Labute approximate surface area is 456 Å². The summed E-state index contributed by atoms with van der Waals surface area (Å²) in [5.41, 5.74) is 13.7. The quantitative estimate of drug-likeness (QED) is 0.0701. The zero-order chi connectivity index (χ0) is 54.2. The number of aromatic hydroxyl groups is 1. The van der Waals surface area contributed by atoms with Gasteiger partial charge < -0.3 is 54.7 Å². The van der Waals surface area contributed by atoms with E-state index in [1.165, 1.54) is 16.2 Å². The maximum Gasteiger partial charge on any atom is 0.291 e. The van der Waals surface area contributed by atoms with Gasteiger partial charge in [-0.1, -0.05) is 32.0 Å². The van der Waals surface area contributed by atoms with E-state index < -0.39 is 47.7 Å². The van der Waals surface area contributed by atoms with Crippen molar-refractivity contribution in [3.8, 4) is 39.3 Å². The first-order valence-electron chi connectivity index (χ1n) is 27.1. The second-order valence-corrected chi connectivity index (χ2v) is 22.5. The van der Waals surface area contributed by atoms with Gasteiger partial charge in [-0.2, -0.15) is 4.39 Å². The van der Waals surface area contributed by atoms with Gasteiger partial charge in [0.15, 0.2) is 11.6 Å². The van der Waals surface area contributed by atoms with Gasteiger partial charge in [0.1, 0.15) is 30.4 Å². The molecule has 5 aliphatic rings. The van der Waals surface area contributed by atoms with Gasteiger partial charge in [0, 0.05) is 100 Å². The zero-order valence-electron chi connectivity index (χ0n) is 44.3. The second-order valence-electron chi connectivity index (χ2n) is 21.7. The first-order valence-corrected chi connectivity index (χ1v) is 28.0. The molecule has 22 heteroatoms. The highest BCUT2D eigenvalue weighted by atomic mass is 32.1. The molecule has 2 bridgehead atoms. The predicted molar refractivity (Wildman–Crippen MR) is 290 cm³/mol. The second kappa shape index (κ2) is 22.8. The molecule has 6 aromatic rings. The van der Waals surface area contributed by atoms with Crippen LogP contribution in [0.4, 0.5) is 21.6 Å². The molecule has 412 valence electrons. The van der Waals surface area contributed by atoms with E-state index in [0.717, 1.165) is 97.9 Å². The van der Waals surface area contributed by atoms with Crippen LogP contribution in [0.2, 0.25) is 0 Å². The van der Waals surface area contributed by atoms with E-state index in [1.54, 1.807) is 37.7 Å². The lowest BCUT2D eigenvalue weighted by atomic mass is 9.91. The average molecular weight is 1090 g/mol. The number of phenols is 1. The summed E-state index contributed by atoms with van der Waals surface area (Å²) in [4.78, 5) is 50.7. The van der Waals surface area contributed by atoms with Crippen LogP contribution in [0.1, 0.15) is 94.7 Å². The van der Waals surface area contributed by atoms with Gasteiger partial charge in [-0.15, -0.1) is 21.5 Å². The molecular formula is C56H67FN12O8S. The molecule has 20 nitrogen and oxygen atoms in total. The van der Waals surface area contributed by atoms with Crippen molar-refractivity contribution in [1.29, 1.82) is 0 Å². The molecule has 1 aromatic carbocycles. The number of rotatable bonds is 18. The number of β-amino-alcohol motifs (C(OH)–C–C–N with tert-alkyl or cyclic N) is 1. The summed E-state index contributed by atoms with van der Waals surface area (Å²) < 4.78 is 40.3. The van der Waals surface area contributed by atoms with Crippen LogP contribution in [-0.4, -0.2) is 151 Å². The third kappa shape index (κ3) is 11.2. The van der Waals surface area contributed by atoms with Crippen molar-refractivity contribution in [2.45, 2.75) is 127 Å². The number of phenolic OH excluding ortho intramolecular Hbond substituents is 1. The number of hydrogen-bond acceptors (Lipinski definition) is 19. The standard InChI is InChI=1S/C56H67FN12O8S/c1-31(2)49(56(73)68-29-38(70)22-46(68)54(72)62-32(3)34-9-12-43(60-26-34)52-33(4)61-30-78-52)51-50(57)55(65-77-51)74-20-19-66-17-14-39(15-18-66)75-40-23-41(24-40)76-48-21-35(13-16-59-48)69-36-10-11-37(69)28-67(27-36)45-25-44(63-64-53(45)58)42-7-5-6-8-47(42)71/h5-9,12-13,16,21,25-26,30-32,36-41,46,49,70-71H,10-11,14-15,17-20,22-24,27-29H2,1-4H3,(H2,58,64)(H,62,72)/t32-,36+,37?,38+,40?,41?,46-,49-/m0/s1. The van der Waals surface area contributed by atoms with E-state index in [0.29, 0.717) is 29.5 Å². The number of halogens is 1. The summed E-state index contributed by atoms with van der Waals surface area (Å²) in [5.74, 6) is -2.82. The minimum absolute atomic E-state index is 0.0220. The number of aryl methyl sites for hydroxylation is 1. The normalized spacial score (nSPS) is 23.3. The van der Waals surface area contributed by atoms with Crippen LogP contribution in [0, 0.1) is 18.7 Å². The topological polar surface area (TPSA) is 244 Å². The Bertz CT molecular complexity index is 3060. The lowest BCUT2D eigenvalue weighted by molar-refractivity contribution is -0.141. The number of nitrogens with one attached hydrogen (secondary N) is 1. The maximum atomic E-state index is 16.1. The summed E-state index contributed by atoms with van der Waals surface area (Å²) in [6, 6.07) is 16.0. The number of nitrogens with two attached hydrogens (primary N) is 1. The molecule has 1 aliphatic carbocycles. The third-order valence-electron chi connectivity index (χ3n) is 16.1. The Morgan fingerprint density at radius 3 is 2.42 bits per heavy atom. The van der Waals surface area contributed by atoms with E-state index in [-0.39, 0.29) is 67.4 Å². The largest absolute Gasteiger partial charge is 0.507 e. The molecule has 0 spiro atoms. The van der Waals surface area contributed by atoms with Crippen LogP contribution < -0.4 is 30.3 Å².